The van der Waals surface area contributed by atoms with E-state index in [9.17, 15) is 4.79 Å². The average Bonchev–Trinajstić information content (AvgIpc) is 2.92. The van der Waals surface area contributed by atoms with Gasteiger partial charge in [-0.05, 0) is 26.0 Å². The van der Waals surface area contributed by atoms with Gasteiger partial charge < -0.3 is 10.6 Å². The molecular formula is C15H16N4OS. The number of hydrogen-bond donors (Lipinski definition) is 2. The number of aromatic nitrogens is 2. The van der Waals surface area contributed by atoms with Crippen LogP contribution in [0, 0.1) is 19.3 Å². The van der Waals surface area contributed by atoms with Crippen LogP contribution >= 0.6 is 11.3 Å². The van der Waals surface area contributed by atoms with Crippen LogP contribution in [0.3, 0.4) is 0 Å². The number of carbonyl (C=O) groups excluding carboxylic acids is 1. The molecule has 1 amide bonds. The van der Waals surface area contributed by atoms with Crippen molar-refractivity contribution in [3.05, 3.63) is 40.0 Å². The van der Waals surface area contributed by atoms with Gasteiger partial charge in [-0.15, -0.1) is 17.8 Å². The molecule has 0 aliphatic carbocycles. The number of anilines is 1. The number of amides is 1. The van der Waals surface area contributed by atoms with Crippen LogP contribution in [0.5, 0.6) is 0 Å². The summed E-state index contributed by atoms with van der Waals surface area (Å²) in [7, 11) is 0. The summed E-state index contributed by atoms with van der Waals surface area (Å²) in [4.78, 5) is 21.4. The first-order chi connectivity index (χ1) is 10.1. The topological polar surface area (TPSA) is 66.9 Å². The van der Waals surface area contributed by atoms with Gasteiger partial charge in [0.05, 0.1) is 18.2 Å². The standard InChI is InChI=1S/C15H16N4OS/c1-4-7-16-14(20)12-5-6-13(17-9-12)19-11(3)15-18-8-10(2)21-15/h1,5-6,8-9,11H,7H2,2-3H3,(H,16,20)(H,17,19). The summed E-state index contributed by atoms with van der Waals surface area (Å²) in [5.74, 6) is 2.83. The number of aryl methyl sites for hydroxylation is 1. The molecule has 5 nitrogen and oxygen atoms in total. The van der Waals surface area contributed by atoms with Crippen LogP contribution in [-0.2, 0) is 0 Å². The Morgan fingerprint density at radius 1 is 1.43 bits per heavy atom. The minimum absolute atomic E-state index is 0.0670. The molecule has 6 heteroatoms. The van der Waals surface area contributed by atoms with E-state index in [2.05, 4.69) is 26.5 Å². The van der Waals surface area contributed by atoms with E-state index in [-0.39, 0.29) is 18.5 Å². The van der Waals surface area contributed by atoms with E-state index in [1.54, 1.807) is 23.5 Å². The number of terminal acetylenes is 1. The van der Waals surface area contributed by atoms with Gasteiger partial charge >= 0.3 is 0 Å². The van der Waals surface area contributed by atoms with Crippen LogP contribution < -0.4 is 10.6 Å². The van der Waals surface area contributed by atoms with Crippen molar-refractivity contribution in [1.82, 2.24) is 15.3 Å². The normalized spacial score (nSPS) is 11.5. The van der Waals surface area contributed by atoms with Crippen LogP contribution in [0.15, 0.2) is 24.5 Å². The highest BCUT2D eigenvalue weighted by atomic mass is 32.1. The SMILES string of the molecule is C#CCNC(=O)c1ccc(NC(C)c2ncc(C)s2)nc1. The number of rotatable bonds is 5. The molecule has 0 saturated heterocycles. The molecule has 1 unspecified atom stereocenters. The Hall–Kier alpha value is -2.39. The number of carbonyl (C=O) groups is 1. The summed E-state index contributed by atoms with van der Waals surface area (Å²) in [6, 6.07) is 3.54. The molecule has 0 fully saturated rings. The van der Waals surface area contributed by atoms with Crippen LogP contribution in [0.2, 0.25) is 0 Å². The van der Waals surface area contributed by atoms with Crippen LogP contribution in [0.1, 0.15) is 33.2 Å². The van der Waals surface area contributed by atoms with Crippen LogP contribution in [0.25, 0.3) is 0 Å². The highest BCUT2D eigenvalue weighted by molar-refractivity contribution is 7.11. The Morgan fingerprint density at radius 3 is 2.81 bits per heavy atom. The van der Waals surface area contributed by atoms with Crippen molar-refractivity contribution >= 4 is 23.1 Å². The van der Waals surface area contributed by atoms with Gasteiger partial charge in [0.1, 0.15) is 10.8 Å². The minimum Gasteiger partial charge on any atom is -0.361 e. The first kappa shape index (κ1) is 15.0. The highest BCUT2D eigenvalue weighted by Gasteiger charge is 2.10. The van der Waals surface area contributed by atoms with Crippen molar-refractivity contribution in [3.63, 3.8) is 0 Å². The summed E-state index contributed by atoms with van der Waals surface area (Å²) < 4.78 is 0. The molecule has 2 rings (SSSR count). The van der Waals surface area contributed by atoms with E-state index < -0.39 is 0 Å². The lowest BCUT2D eigenvalue weighted by molar-refractivity contribution is 0.0958. The number of nitrogens with zero attached hydrogens (tertiary/aromatic N) is 2. The van der Waals surface area contributed by atoms with Gasteiger partial charge in [0.15, 0.2) is 0 Å². The van der Waals surface area contributed by atoms with E-state index in [4.69, 9.17) is 6.42 Å². The van der Waals surface area contributed by atoms with E-state index in [1.165, 1.54) is 11.1 Å². The van der Waals surface area contributed by atoms with Gasteiger partial charge in [-0.3, -0.25) is 4.79 Å². The smallest absolute Gasteiger partial charge is 0.253 e. The molecule has 2 aromatic rings. The molecule has 0 saturated carbocycles. The summed E-state index contributed by atoms with van der Waals surface area (Å²) in [6.45, 7) is 4.25. The zero-order chi connectivity index (χ0) is 15.2. The summed E-state index contributed by atoms with van der Waals surface area (Å²) in [5, 5.41) is 6.85. The van der Waals surface area contributed by atoms with Crippen molar-refractivity contribution in [3.8, 4) is 12.3 Å². The van der Waals surface area contributed by atoms with Crippen molar-refractivity contribution < 1.29 is 4.79 Å². The van der Waals surface area contributed by atoms with Crippen molar-refractivity contribution in [2.75, 3.05) is 11.9 Å². The maximum Gasteiger partial charge on any atom is 0.253 e. The molecule has 0 aromatic carbocycles. The van der Waals surface area contributed by atoms with Crippen molar-refractivity contribution in [2.24, 2.45) is 0 Å². The summed E-state index contributed by atoms with van der Waals surface area (Å²) in [6.07, 6.45) is 8.47. The van der Waals surface area contributed by atoms with Crippen molar-refractivity contribution in [2.45, 2.75) is 19.9 Å². The average molecular weight is 300 g/mol. The van der Waals surface area contributed by atoms with Gasteiger partial charge in [0.25, 0.3) is 5.91 Å². The van der Waals surface area contributed by atoms with Gasteiger partial charge in [-0.1, -0.05) is 5.92 Å². The molecule has 108 valence electrons. The molecule has 2 aromatic heterocycles. The number of pyridine rings is 1. The second-order valence-corrected chi connectivity index (χ2v) is 5.76. The van der Waals surface area contributed by atoms with E-state index in [0.29, 0.717) is 11.4 Å². The first-order valence-electron chi connectivity index (χ1n) is 6.46. The third-order valence-electron chi connectivity index (χ3n) is 2.75. The van der Waals surface area contributed by atoms with E-state index in [1.807, 2.05) is 20.0 Å². The Balaban J connectivity index is 1.99. The highest BCUT2D eigenvalue weighted by Crippen LogP contribution is 2.22. The lowest BCUT2D eigenvalue weighted by Crippen LogP contribution is -2.23. The lowest BCUT2D eigenvalue weighted by Gasteiger charge is -2.12. The largest absolute Gasteiger partial charge is 0.361 e. The van der Waals surface area contributed by atoms with Gasteiger partial charge in [0, 0.05) is 17.3 Å². The molecule has 0 aliphatic rings. The van der Waals surface area contributed by atoms with Gasteiger partial charge in [-0.2, -0.15) is 0 Å². The molecule has 21 heavy (non-hydrogen) atoms. The lowest BCUT2D eigenvalue weighted by atomic mass is 10.2. The second-order valence-electron chi connectivity index (χ2n) is 4.49. The minimum atomic E-state index is -0.226. The second kappa shape index (κ2) is 6.86. The molecule has 2 heterocycles. The van der Waals surface area contributed by atoms with Crippen LogP contribution in [0.4, 0.5) is 5.82 Å². The number of nitrogens with one attached hydrogen (secondary N) is 2. The monoisotopic (exact) mass is 300 g/mol. The van der Waals surface area contributed by atoms with Crippen molar-refractivity contribution in [1.29, 1.82) is 0 Å². The third kappa shape index (κ3) is 4.04. The predicted octanol–water partition coefficient (Wildman–Crippen LogP) is 2.38. The Labute approximate surface area is 127 Å². The maximum absolute atomic E-state index is 11.7. The Bertz CT molecular complexity index is 657. The summed E-state index contributed by atoms with van der Waals surface area (Å²) >= 11 is 1.65. The Morgan fingerprint density at radius 2 is 2.24 bits per heavy atom. The number of hydrogen-bond acceptors (Lipinski definition) is 5. The summed E-state index contributed by atoms with van der Waals surface area (Å²) in [5.41, 5.74) is 0.480. The maximum atomic E-state index is 11.7. The fraction of sp³-hybridized carbons (Fsp3) is 0.267. The molecule has 0 bridgehead atoms. The molecule has 0 spiro atoms. The fourth-order valence-electron chi connectivity index (χ4n) is 1.70. The molecular weight excluding hydrogens is 284 g/mol. The molecule has 1 atom stereocenters. The number of thiazole rings is 1. The Kier molecular flexibility index (Phi) is 4.90. The first-order valence-corrected chi connectivity index (χ1v) is 7.28. The predicted molar refractivity (Wildman–Crippen MR) is 84.3 cm³/mol. The molecule has 0 radical (unpaired) electrons. The van der Waals surface area contributed by atoms with Gasteiger partial charge in [0.2, 0.25) is 0 Å². The molecule has 2 N–H and O–H groups in total. The van der Waals surface area contributed by atoms with Gasteiger partial charge in [-0.25, -0.2) is 9.97 Å². The third-order valence-corrected chi connectivity index (χ3v) is 3.85. The van der Waals surface area contributed by atoms with E-state index >= 15 is 0 Å². The quantitative estimate of drug-likeness (QED) is 0.832. The zero-order valence-corrected chi connectivity index (χ0v) is 12.7. The van der Waals surface area contributed by atoms with Crippen LogP contribution in [-0.4, -0.2) is 22.4 Å². The molecule has 0 aliphatic heterocycles. The zero-order valence-electron chi connectivity index (χ0n) is 11.9. The fourth-order valence-corrected chi connectivity index (χ4v) is 2.48. The van der Waals surface area contributed by atoms with E-state index in [0.717, 1.165) is 5.01 Å².